The van der Waals surface area contributed by atoms with Crippen LogP contribution in [0.3, 0.4) is 0 Å². The average Bonchev–Trinajstić information content (AvgIpc) is 3.57. The van der Waals surface area contributed by atoms with Crippen LogP contribution in [0.1, 0.15) is 26.3 Å². The summed E-state index contributed by atoms with van der Waals surface area (Å²) in [5.74, 6) is -2.62. The first kappa shape index (κ1) is 29.0. The van der Waals surface area contributed by atoms with Crippen LogP contribution in [0, 0.1) is 6.92 Å². The van der Waals surface area contributed by atoms with Crippen molar-refractivity contribution in [3.8, 4) is 0 Å². The summed E-state index contributed by atoms with van der Waals surface area (Å²) in [5.41, 5.74) is 0.707. The van der Waals surface area contributed by atoms with Gasteiger partial charge in [-0.15, -0.1) is 11.3 Å². The van der Waals surface area contributed by atoms with E-state index in [9.17, 15) is 27.4 Å². The number of amides is 1. The smallest absolute Gasteiger partial charge is 0.335 e. The van der Waals surface area contributed by atoms with Crippen molar-refractivity contribution in [1.82, 2.24) is 0 Å². The van der Waals surface area contributed by atoms with Gasteiger partial charge < -0.3 is 24.7 Å². The number of hydrogen-bond acceptors (Lipinski definition) is 9. The van der Waals surface area contributed by atoms with Gasteiger partial charge in [-0.2, -0.15) is 8.42 Å². The second kappa shape index (κ2) is 12.0. The summed E-state index contributed by atoms with van der Waals surface area (Å²) < 4.78 is 39.3. The Morgan fingerprint density at radius 1 is 0.950 bits per heavy atom. The second-order valence-corrected chi connectivity index (χ2v) is 11.4. The molecule has 12 nitrogen and oxygen atoms in total. The van der Waals surface area contributed by atoms with Crippen molar-refractivity contribution in [2.75, 3.05) is 47.5 Å². The normalized spacial score (nSPS) is 17.4. The van der Waals surface area contributed by atoms with Crippen LogP contribution < -0.4 is 14.7 Å². The van der Waals surface area contributed by atoms with Gasteiger partial charge in [-0.05, 0) is 72.5 Å². The van der Waals surface area contributed by atoms with Crippen LogP contribution >= 0.6 is 11.3 Å². The van der Waals surface area contributed by atoms with E-state index >= 15 is 0 Å². The Balaban J connectivity index is 0.000000240. The molecule has 3 aromatic rings. The molecule has 0 bridgehead atoms. The quantitative estimate of drug-likeness (QED) is 0.362. The highest BCUT2D eigenvalue weighted by atomic mass is 32.2. The molecule has 1 aromatic heterocycles. The Kier molecular flexibility index (Phi) is 8.73. The Hall–Kier alpha value is -3.98. The molecule has 5 rings (SSSR count). The van der Waals surface area contributed by atoms with Gasteiger partial charge in [-0.25, -0.2) is 9.59 Å². The zero-order valence-electron chi connectivity index (χ0n) is 21.3. The van der Waals surface area contributed by atoms with Gasteiger partial charge in [0.2, 0.25) is 11.4 Å². The van der Waals surface area contributed by atoms with Gasteiger partial charge in [-0.1, -0.05) is 0 Å². The number of carbonyl (C=O) groups is 3. The van der Waals surface area contributed by atoms with E-state index in [0.717, 1.165) is 29.7 Å². The van der Waals surface area contributed by atoms with Crippen LogP contribution in [0.25, 0.3) is 0 Å². The number of thiophene rings is 1. The molecule has 0 saturated carbocycles. The molecule has 2 aliphatic heterocycles. The number of aryl methyl sites for hydroxylation is 1. The number of morpholine rings is 1. The first-order chi connectivity index (χ1) is 19.0. The molecular weight excluding hydrogens is 562 g/mol. The van der Waals surface area contributed by atoms with Crippen molar-refractivity contribution in [2.24, 2.45) is 0 Å². The van der Waals surface area contributed by atoms with Gasteiger partial charge in [0.1, 0.15) is 11.5 Å². The van der Waals surface area contributed by atoms with E-state index in [2.05, 4.69) is 4.90 Å². The minimum atomic E-state index is -4.53. The fourth-order valence-electron chi connectivity index (χ4n) is 4.42. The van der Waals surface area contributed by atoms with Gasteiger partial charge in [0.05, 0.1) is 24.3 Å². The summed E-state index contributed by atoms with van der Waals surface area (Å²) in [6.45, 7) is 4.45. The molecule has 2 saturated heterocycles. The molecule has 40 heavy (non-hydrogen) atoms. The van der Waals surface area contributed by atoms with Gasteiger partial charge in [0, 0.05) is 24.5 Å². The van der Waals surface area contributed by atoms with Crippen LogP contribution in [0.5, 0.6) is 0 Å². The van der Waals surface area contributed by atoms with Crippen molar-refractivity contribution >= 4 is 55.7 Å². The monoisotopic (exact) mass is 589 g/mol. The summed E-state index contributed by atoms with van der Waals surface area (Å²) in [4.78, 5) is 38.3. The van der Waals surface area contributed by atoms with E-state index in [1.165, 1.54) is 28.4 Å². The summed E-state index contributed by atoms with van der Waals surface area (Å²) in [6, 6.07) is 14.7. The molecule has 0 spiro atoms. The number of anilines is 3. The van der Waals surface area contributed by atoms with Crippen molar-refractivity contribution in [1.29, 1.82) is 0 Å². The molecule has 2 fully saturated rings. The zero-order valence-corrected chi connectivity index (χ0v) is 23.0. The number of rotatable bonds is 6. The van der Waals surface area contributed by atoms with Crippen molar-refractivity contribution in [2.45, 2.75) is 12.4 Å². The minimum Gasteiger partial charge on any atom is -0.478 e. The Bertz CT molecular complexity index is 1450. The average molecular weight is 590 g/mol. The van der Waals surface area contributed by atoms with E-state index in [0.29, 0.717) is 29.5 Å². The number of hydrogen-bond donors (Lipinski definition) is 3. The van der Waals surface area contributed by atoms with E-state index in [-0.39, 0.29) is 23.6 Å². The summed E-state index contributed by atoms with van der Waals surface area (Å²) in [6.07, 6.45) is 0. The second-order valence-electron chi connectivity index (χ2n) is 9.00. The maximum Gasteiger partial charge on any atom is 0.335 e. The van der Waals surface area contributed by atoms with Gasteiger partial charge in [0.15, 0.2) is 0 Å². The number of ether oxygens (including phenoxy) is 1. The fraction of sp³-hybridized carbons (Fsp3) is 0.269. The lowest BCUT2D eigenvalue weighted by Crippen LogP contribution is -2.45. The number of aromatic carboxylic acids is 2. The highest BCUT2D eigenvalue weighted by molar-refractivity contribution is 7.86. The number of carboxylic acid groups (broad SMARTS) is 2. The predicted octanol–water partition coefficient (Wildman–Crippen LogP) is 3.00. The molecule has 2 aliphatic rings. The van der Waals surface area contributed by atoms with E-state index in [4.69, 9.17) is 14.9 Å². The topological polar surface area (TPSA) is 165 Å². The first-order valence-electron chi connectivity index (χ1n) is 12.1. The third-order valence-electron chi connectivity index (χ3n) is 6.20. The third kappa shape index (κ3) is 6.59. The SMILES string of the molecule is Cc1cc(C(=O)O)cc(C(=O)O)c1.O=C1CN(c2ccc(N3CCOCC3)cc2)C(S(=O)(=O)O)N1c1cccs1. The minimum absolute atomic E-state index is 0.00241. The van der Waals surface area contributed by atoms with Gasteiger partial charge in [0.25, 0.3) is 0 Å². The summed E-state index contributed by atoms with van der Waals surface area (Å²) in [7, 11) is -4.53. The number of carboxylic acids is 2. The molecule has 0 radical (unpaired) electrons. The number of nitrogens with zero attached hydrogens (tertiary/aromatic N) is 3. The van der Waals surface area contributed by atoms with Crippen LogP contribution in [-0.2, 0) is 19.6 Å². The molecular formula is C26H27N3O9S2. The Morgan fingerprint density at radius 2 is 1.52 bits per heavy atom. The Labute approximate surface area is 234 Å². The third-order valence-corrected chi connectivity index (χ3v) is 8.07. The maximum atomic E-state index is 12.5. The molecule has 3 N–H and O–H groups in total. The maximum absolute atomic E-state index is 12.5. The van der Waals surface area contributed by atoms with Crippen LogP contribution in [0.2, 0.25) is 0 Å². The number of carbonyl (C=O) groups excluding carboxylic acids is 1. The molecule has 14 heteroatoms. The zero-order chi connectivity index (χ0) is 29.0. The van der Waals surface area contributed by atoms with Crippen LogP contribution in [0.15, 0.2) is 60.0 Å². The molecule has 212 valence electrons. The molecule has 1 atom stereocenters. The molecule has 3 heterocycles. The van der Waals surface area contributed by atoms with Gasteiger partial charge in [-0.3, -0.25) is 14.2 Å². The first-order valence-corrected chi connectivity index (χ1v) is 14.4. The summed E-state index contributed by atoms with van der Waals surface area (Å²) >= 11 is 1.25. The lowest BCUT2D eigenvalue weighted by atomic mass is 10.1. The summed E-state index contributed by atoms with van der Waals surface area (Å²) in [5, 5.41) is 19.5. The van der Waals surface area contributed by atoms with Crippen molar-refractivity contribution < 1.29 is 42.3 Å². The fourth-order valence-corrected chi connectivity index (χ4v) is 6.27. The van der Waals surface area contributed by atoms with Gasteiger partial charge >= 0.3 is 22.1 Å². The van der Waals surface area contributed by atoms with Crippen LogP contribution in [0.4, 0.5) is 16.4 Å². The van der Waals surface area contributed by atoms with Crippen molar-refractivity contribution in [3.63, 3.8) is 0 Å². The van der Waals surface area contributed by atoms with E-state index in [1.54, 1.807) is 36.6 Å². The van der Waals surface area contributed by atoms with E-state index < -0.39 is 27.6 Å². The highest BCUT2D eigenvalue weighted by Gasteiger charge is 2.47. The number of benzene rings is 2. The Morgan fingerprint density at radius 3 is 2.02 bits per heavy atom. The molecule has 1 amide bonds. The molecule has 2 aromatic carbocycles. The van der Waals surface area contributed by atoms with Crippen LogP contribution in [-0.4, -0.2) is 79.4 Å². The molecule has 0 aliphatic carbocycles. The lowest BCUT2D eigenvalue weighted by Gasteiger charge is -2.30. The largest absolute Gasteiger partial charge is 0.478 e. The van der Waals surface area contributed by atoms with Crippen molar-refractivity contribution in [3.05, 3.63) is 76.7 Å². The molecule has 1 unspecified atom stereocenters. The highest BCUT2D eigenvalue weighted by Crippen LogP contribution is 2.34. The standard InChI is InChI=1S/C17H19N3O5S2.C9H8O4/c21-15-12-19(17(27(22,23)24)20(15)16-2-1-11-26-16)14-5-3-13(4-6-14)18-7-9-25-10-8-18;1-5-2-6(8(10)11)4-7(3-5)9(12)13/h1-6,11,17H,7-10,12H2,(H,22,23,24);2-4H,1H3,(H,10,11)(H,12,13). The lowest BCUT2D eigenvalue weighted by molar-refractivity contribution is -0.116. The van der Waals surface area contributed by atoms with E-state index in [1.807, 2.05) is 12.1 Å². The predicted molar refractivity (Wildman–Crippen MR) is 149 cm³/mol.